The summed E-state index contributed by atoms with van der Waals surface area (Å²) < 4.78 is 4.56. The summed E-state index contributed by atoms with van der Waals surface area (Å²) in [6.45, 7) is 4.45. The van der Waals surface area contributed by atoms with E-state index in [1.807, 2.05) is 0 Å². The van der Waals surface area contributed by atoms with E-state index >= 15 is 0 Å². The molecule has 0 aliphatic carbocycles. The van der Waals surface area contributed by atoms with Gasteiger partial charge in [0.25, 0.3) is 0 Å². The Morgan fingerprint density at radius 3 is 2.79 bits per heavy atom. The van der Waals surface area contributed by atoms with Crippen LogP contribution >= 0.6 is 0 Å². The van der Waals surface area contributed by atoms with Crippen LogP contribution in [-0.4, -0.2) is 54.1 Å². The van der Waals surface area contributed by atoms with Crippen LogP contribution in [0.15, 0.2) is 12.4 Å². The van der Waals surface area contributed by atoms with Crippen LogP contribution in [0.2, 0.25) is 0 Å². The fraction of sp³-hybridized carbons (Fsp3) is 0.615. The number of hydrogen-bond donors (Lipinski definition) is 1. The van der Waals surface area contributed by atoms with E-state index in [1.54, 1.807) is 6.20 Å². The van der Waals surface area contributed by atoms with Gasteiger partial charge in [0.05, 0.1) is 19.5 Å². The molecule has 6 nitrogen and oxygen atoms in total. The zero-order valence-electron chi connectivity index (χ0n) is 11.3. The van der Waals surface area contributed by atoms with E-state index in [0.29, 0.717) is 5.82 Å². The maximum Gasteiger partial charge on any atom is 0.358 e. The lowest BCUT2D eigenvalue weighted by atomic mass is 10.4. The molecule has 1 aliphatic heterocycles. The van der Waals surface area contributed by atoms with E-state index < -0.39 is 5.97 Å². The Hall–Kier alpha value is -1.69. The number of hydrogen-bond acceptors (Lipinski definition) is 6. The predicted octanol–water partition coefficient (Wildman–Crippen LogP) is 1.16. The number of esters is 1. The van der Waals surface area contributed by atoms with Crippen LogP contribution in [0, 0.1) is 0 Å². The first-order valence-corrected chi connectivity index (χ1v) is 6.66. The molecule has 1 aromatic heterocycles. The molecule has 1 fully saturated rings. The first kappa shape index (κ1) is 13.7. The number of carbonyl (C=O) groups is 1. The summed E-state index contributed by atoms with van der Waals surface area (Å²) in [4.78, 5) is 21.8. The van der Waals surface area contributed by atoms with Gasteiger partial charge in [-0.05, 0) is 38.9 Å². The van der Waals surface area contributed by atoms with Gasteiger partial charge in [0, 0.05) is 6.54 Å². The van der Waals surface area contributed by atoms with E-state index in [0.717, 1.165) is 19.5 Å². The van der Waals surface area contributed by atoms with Gasteiger partial charge >= 0.3 is 5.97 Å². The Balaban J connectivity index is 1.69. The number of rotatable bonds is 6. The van der Waals surface area contributed by atoms with Crippen LogP contribution in [-0.2, 0) is 4.74 Å². The first-order chi connectivity index (χ1) is 9.29. The third-order valence-electron chi connectivity index (χ3n) is 3.20. The Bertz CT molecular complexity index is 402. The van der Waals surface area contributed by atoms with Crippen LogP contribution in [0.25, 0.3) is 0 Å². The number of aromatic nitrogens is 2. The molecule has 1 saturated heterocycles. The summed E-state index contributed by atoms with van der Waals surface area (Å²) in [7, 11) is 1.33. The number of nitrogens with zero attached hydrogens (tertiary/aromatic N) is 3. The van der Waals surface area contributed by atoms with E-state index in [4.69, 9.17) is 0 Å². The SMILES string of the molecule is COC(=O)c1cnc(NCCCN2CCCC2)cn1. The second kappa shape index (κ2) is 7.04. The van der Waals surface area contributed by atoms with E-state index in [9.17, 15) is 4.79 Å². The number of methoxy groups -OCH3 is 1. The largest absolute Gasteiger partial charge is 0.464 e. The van der Waals surface area contributed by atoms with Crippen LogP contribution in [0.3, 0.4) is 0 Å². The Labute approximate surface area is 113 Å². The topological polar surface area (TPSA) is 67.3 Å². The quantitative estimate of drug-likeness (QED) is 0.614. The van der Waals surface area contributed by atoms with E-state index in [-0.39, 0.29) is 5.69 Å². The molecule has 0 aromatic carbocycles. The van der Waals surface area contributed by atoms with Crippen molar-refractivity contribution in [2.24, 2.45) is 0 Å². The Morgan fingerprint density at radius 2 is 2.16 bits per heavy atom. The molecule has 0 bridgehead atoms. The van der Waals surface area contributed by atoms with Crippen molar-refractivity contribution < 1.29 is 9.53 Å². The summed E-state index contributed by atoms with van der Waals surface area (Å²) in [6, 6.07) is 0. The molecule has 0 unspecified atom stereocenters. The summed E-state index contributed by atoms with van der Waals surface area (Å²) >= 11 is 0. The molecule has 1 aliphatic rings. The van der Waals surface area contributed by atoms with Crippen molar-refractivity contribution in [3.05, 3.63) is 18.1 Å². The lowest BCUT2D eigenvalue weighted by Gasteiger charge is -2.14. The smallest absolute Gasteiger partial charge is 0.358 e. The average molecular weight is 264 g/mol. The van der Waals surface area contributed by atoms with Gasteiger partial charge in [-0.3, -0.25) is 0 Å². The number of ether oxygens (including phenoxy) is 1. The molecule has 0 radical (unpaired) electrons. The Kier molecular flexibility index (Phi) is 5.09. The van der Waals surface area contributed by atoms with Crippen molar-refractivity contribution in [1.29, 1.82) is 0 Å². The highest BCUT2D eigenvalue weighted by Gasteiger charge is 2.10. The molecule has 0 spiro atoms. The van der Waals surface area contributed by atoms with Crippen molar-refractivity contribution in [3.63, 3.8) is 0 Å². The zero-order valence-corrected chi connectivity index (χ0v) is 11.3. The molecule has 0 amide bonds. The van der Waals surface area contributed by atoms with Crippen LogP contribution < -0.4 is 5.32 Å². The molecule has 1 aromatic rings. The van der Waals surface area contributed by atoms with Crippen LogP contribution in [0.1, 0.15) is 29.8 Å². The summed E-state index contributed by atoms with van der Waals surface area (Å²) in [5, 5.41) is 3.20. The summed E-state index contributed by atoms with van der Waals surface area (Å²) in [6.07, 6.45) is 6.72. The van der Waals surface area contributed by atoms with Crippen molar-refractivity contribution in [1.82, 2.24) is 14.9 Å². The average Bonchev–Trinajstić information content (AvgIpc) is 2.96. The monoisotopic (exact) mass is 264 g/mol. The van der Waals surface area contributed by atoms with Crippen molar-refractivity contribution >= 4 is 11.8 Å². The minimum absolute atomic E-state index is 0.227. The maximum atomic E-state index is 11.2. The maximum absolute atomic E-state index is 11.2. The highest BCUT2D eigenvalue weighted by atomic mass is 16.5. The number of likely N-dealkylation sites (tertiary alicyclic amines) is 1. The molecule has 6 heteroatoms. The number of carbonyl (C=O) groups excluding carboxylic acids is 1. The highest BCUT2D eigenvalue weighted by Crippen LogP contribution is 2.07. The van der Waals surface area contributed by atoms with Gasteiger partial charge in [-0.25, -0.2) is 14.8 Å². The minimum atomic E-state index is -0.465. The van der Waals surface area contributed by atoms with Crippen molar-refractivity contribution in [3.8, 4) is 0 Å². The second-order valence-corrected chi connectivity index (χ2v) is 4.61. The van der Waals surface area contributed by atoms with E-state index in [2.05, 4.69) is 24.9 Å². The van der Waals surface area contributed by atoms with Gasteiger partial charge in [0.1, 0.15) is 5.82 Å². The van der Waals surface area contributed by atoms with Crippen LogP contribution in [0.4, 0.5) is 5.82 Å². The molecule has 19 heavy (non-hydrogen) atoms. The Morgan fingerprint density at radius 1 is 1.37 bits per heavy atom. The fourth-order valence-corrected chi connectivity index (χ4v) is 2.15. The van der Waals surface area contributed by atoms with E-state index in [1.165, 1.54) is 39.2 Å². The fourth-order valence-electron chi connectivity index (χ4n) is 2.15. The van der Waals surface area contributed by atoms with Gasteiger partial charge < -0.3 is 15.0 Å². The van der Waals surface area contributed by atoms with Gasteiger partial charge in [0.15, 0.2) is 5.69 Å². The third kappa shape index (κ3) is 4.17. The zero-order chi connectivity index (χ0) is 13.5. The van der Waals surface area contributed by atoms with Crippen molar-refractivity contribution in [2.45, 2.75) is 19.3 Å². The summed E-state index contributed by atoms with van der Waals surface area (Å²) in [5.41, 5.74) is 0.227. The normalized spacial score (nSPS) is 15.4. The third-order valence-corrected chi connectivity index (χ3v) is 3.20. The molecule has 104 valence electrons. The molecular formula is C13H20N4O2. The number of nitrogens with one attached hydrogen (secondary N) is 1. The standard InChI is InChI=1S/C13H20N4O2/c1-19-13(18)11-9-16-12(10-15-11)14-5-4-8-17-6-2-3-7-17/h9-10H,2-8H2,1H3,(H,14,16). The molecule has 0 atom stereocenters. The lowest BCUT2D eigenvalue weighted by Crippen LogP contribution is -2.22. The van der Waals surface area contributed by atoms with Crippen molar-refractivity contribution in [2.75, 3.05) is 38.6 Å². The van der Waals surface area contributed by atoms with Gasteiger partial charge in [0.2, 0.25) is 0 Å². The second-order valence-electron chi connectivity index (χ2n) is 4.61. The van der Waals surface area contributed by atoms with Gasteiger partial charge in [-0.2, -0.15) is 0 Å². The summed E-state index contributed by atoms with van der Waals surface area (Å²) in [5.74, 6) is 0.224. The van der Waals surface area contributed by atoms with Crippen LogP contribution in [0.5, 0.6) is 0 Å². The molecular weight excluding hydrogens is 244 g/mol. The van der Waals surface area contributed by atoms with Gasteiger partial charge in [-0.15, -0.1) is 0 Å². The first-order valence-electron chi connectivity index (χ1n) is 6.66. The predicted molar refractivity (Wildman–Crippen MR) is 72.2 cm³/mol. The number of anilines is 1. The molecule has 2 rings (SSSR count). The highest BCUT2D eigenvalue weighted by molar-refractivity contribution is 5.86. The minimum Gasteiger partial charge on any atom is -0.464 e. The van der Waals surface area contributed by atoms with Gasteiger partial charge in [-0.1, -0.05) is 0 Å². The molecule has 2 heterocycles. The molecule has 1 N–H and O–H groups in total. The molecule has 0 saturated carbocycles. The lowest BCUT2D eigenvalue weighted by molar-refractivity contribution is 0.0593.